The Bertz CT molecular complexity index is 820. The molecule has 0 atom stereocenters. The molecule has 0 radical (unpaired) electrons. The number of hydrogen-bond donors (Lipinski definition) is 2. The predicted molar refractivity (Wildman–Crippen MR) is 101 cm³/mol. The van der Waals surface area contributed by atoms with Crippen molar-refractivity contribution in [3.05, 3.63) is 46.8 Å². The Morgan fingerprint density at radius 2 is 1.85 bits per heavy atom. The Morgan fingerprint density at radius 1 is 1.19 bits per heavy atom. The van der Waals surface area contributed by atoms with E-state index in [1.54, 1.807) is 4.68 Å². The summed E-state index contributed by atoms with van der Waals surface area (Å²) in [6, 6.07) is 6.09. The van der Waals surface area contributed by atoms with Gasteiger partial charge in [0.25, 0.3) is 5.91 Å². The van der Waals surface area contributed by atoms with Gasteiger partial charge in [0, 0.05) is 6.54 Å². The Labute approximate surface area is 154 Å². The Balaban J connectivity index is 2.25. The van der Waals surface area contributed by atoms with Gasteiger partial charge in [-0.25, -0.2) is 4.68 Å². The van der Waals surface area contributed by atoms with Gasteiger partial charge in [-0.2, -0.15) is 5.10 Å². The van der Waals surface area contributed by atoms with Gasteiger partial charge in [-0.05, 0) is 50.8 Å². The molecule has 0 aliphatic heterocycles. The van der Waals surface area contributed by atoms with E-state index < -0.39 is 11.4 Å². The smallest absolute Gasteiger partial charge is 0.311 e. The van der Waals surface area contributed by atoms with E-state index in [1.807, 2.05) is 52.8 Å². The number of carboxylic acids is 1. The van der Waals surface area contributed by atoms with Gasteiger partial charge in [0.15, 0.2) is 0 Å². The van der Waals surface area contributed by atoms with E-state index >= 15 is 0 Å². The average Bonchev–Trinajstić information content (AvgIpc) is 2.99. The number of aryl methyl sites for hydroxylation is 2. The van der Waals surface area contributed by atoms with Crippen LogP contribution in [0, 0.1) is 26.2 Å². The Kier molecular flexibility index (Phi) is 5.85. The molecule has 1 amide bonds. The van der Waals surface area contributed by atoms with Crippen LogP contribution in [-0.4, -0.2) is 33.3 Å². The fourth-order valence-corrected chi connectivity index (χ4v) is 3.05. The third-order valence-electron chi connectivity index (χ3n) is 5.24. The van der Waals surface area contributed by atoms with E-state index in [0.717, 1.165) is 22.5 Å². The van der Waals surface area contributed by atoms with E-state index in [1.165, 1.54) is 6.20 Å². The second-order valence-corrected chi connectivity index (χ2v) is 6.82. The first-order valence-corrected chi connectivity index (χ1v) is 8.89. The van der Waals surface area contributed by atoms with Crippen molar-refractivity contribution in [3.63, 3.8) is 0 Å². The van der Waals surface area contributed by atoms with Crippen LogP contribution in [0.3, 0.4) is 0 Å². The molecule has 6 nitrogen and oxygen atoms in total. The summed E-state index contributed by atoms with van der Waals surface area (Å²) in [4.78, 5) is 24.2. The molecule has 0 spiro atoms. The number of nitrogens with one attached hydrogen (secondary N) is 1. The van der Waals surface area contributed by atoms with Gasteiger partial charge in [-0.3, -0.25) is 9.59 Å². The summed E-state index contributed by atoms with van der Waals surface area (Å²) < 4.78 is 1.75. The lowest BCUT2D eigenvalue weighted by Crippen LogP contribution is -2.42. The average molecular weight is 357 g/mol. The maximum absolute atomic E-state index is 12.6. The van der Waals surface area contributed by atoms with Gasteiger partial charge in [0.05, 0.1) is 28.6 Å². The number of carbonyl (C=O) groups is 2. The summed E-state index contributed by atoms with van der Waals surface area (Å²) in [6.07, 6.45) is 2.45. The third-order valence-corrected chi connectivity index (χ3v) is 5.24. The van der Waals surface area contributed by atoms with Crippen molar-refractivity contribution in [3.8, 4) is 5.69 Å². The lowest BCUT2D eigenvalue weighted by Gasteiger charge is -2.26. The first-order chi connectivity index (χ1) is 12.3. The van der Waals surface area contributed by atoms with Crippen LogP contribution in [-0.2, 0) is 4.79 Å². The van der Waals surface area contributed by atoms with Gasteiger partial charge in [-0.1, -0.05) is 26.0 Å². The zero-order chi connectivity index (χ0) is 19.5. The van der Waals surface area contributed by atoms with Crippen molar-refractivity contribution in [2.24, 2.45) is 5.41 Å². The summed E-state index contributed by atoms with van der Waals surface area (Å²) in [6.45, 7) is 9.60. The van der Waals surface area contributed by atoms with Gasteiger partial charge >= 0.3 is 5.97 Å². The molecule has 26 heavy (non-hydrogen) atoms. The van der Waals surface area contributed by atoms with Crippen molar-refractivity contribution in [2.75, 3.05) is 6.54 Å². The molecule has 0 aliphatic rings. The molecule has 2 rings (SSSR count). The third kappa shape index (κ3) is 3.64. The molecule has 1 heterocycles. The molecule has 2 N–H and O–H groups in total. The first-order valence-electron chi connectivity index (χ1n) is 8.89. The molecule has 0 saturated carbocycles. The Hall–Kier alpha value is -2.63. The zero-order valence-corrected chi connectivity index (χ0v) is 16.1. The quantitative estimate of drug-likeness (QED) is 0.795. The van der Waals surface area contributed by atoms with E-state index in [0.29, 0.717) is 18.4 Å². The number of carbonyl (C=O) groups excluding carboxylic acids is 1. The molecule has 0 aliphatic carbocycles. The van der Waals surface area contributed by atoms with Crippen LogP contribution in [0.4, 0.5) is 0 Å². The highest BCUT2D eigenvalue weighted by Gasteiger charge is 2.35. The van der Waals surface area contributed by atoms with Crippen LogP contribution >= 0.6 is 0 Å². The van der Waals surface area contributed by atoms with Gasteiger partial charge in [-0.15, -0.1) is 0 Å². The van der Waals surface area contributed by atoms with E-state index in [2.05, 4.69) is 10.4 Å². The van der Waals surface area contributed by atoms with E-state index in [9.17, 15) is 14.7 Å². The normalized spacial score (nSPS) is 11.4. The monoisotopic (exact) mass is 357 g/mol. The number of hydrogen-bond acceptors (Lipinski definition) is 3. The van der Waals surface area contributed by atoms with Crippen molar-refractivity contribution in [2.45, 2.75) is 47.5 Å². The lowest BCUT2D eigenvalue weighted by atomic mass is 9.82. The van der Waals surface area contributed by atoms with Crippen molar-refractivity contribution in [1.29, 1.82) is 0 Å². The summed E-state index contributed by atoms with van der Waals surface area (Å²) in [5.41, 5.74) is 3.36. The van der Waals surface area contributed by atoms with Gasteiger partial charge in [0.1, 0.15) is 0 Å². The summed E-state index contributed by atoms with van der Waals surface area (Å²) >= 11 is 0. The van der Waals surface area contributed by atoms with Crippen LogP contribution in [0.25, 0.3) is 5.69 Å². The summed E-state index contributed by atoms with van der Waals surface area (Å²) in [7, 11) is 0. The highest BCUT2D eigenvalue weighted by molar-refractivity contribution is 5.95. The number of nitrogens with zero attached hydrogens (tertiary/aromatic N) is 2. The summed E-state index contributed by atoms with van der Waals surface area (Å²) in [5, 5.41) is 16.7. The maximum atomic E-state index is 12.6. The van der Waals surface area contributed by atoms with E-state index in [4.69, 9.17) is 0 Å². The maximum Gasteiger partial charge on any atom is 0.311 e. The fraction of sp³-hybridized carbons (Fsp3) is 0.450. The largest absolute Gasteiger partial charge is 0.481 e. The number of aromatic nitrogens is 2. The molecule has 0 fully saturated rings. The SMILES string of the molecule is CCC(CC)(CNC(=O)c1cnn(-c2cc(C)ccc2C)c1C)C(=O)O. The number of aliphatic carboxylic acids is 1. The lowest BCUT2D eigenvalue weighted by molar-refractivity contribution is -0.149. The molecule has 1 aromatic carbocycles. The number of benzene rings is 1. The fourth-order valence-electron chi connectivity index (χ4n) is 3.05. The minimum atomic E-state index is -0.938. The predicted octanol–water partition coefficient (Wildman–Crippen LogP) is 3.42. The standard InChI is InChI=1S/C20H27N3O3/c1-6-20(7-2,19(25)26)12-21-18(24)16-11-22-23(15(16)5)17-10-13(3)8-9-14(17)4/h8-11H,6-7,12H2,1-5H3,(H,21,24)(H,25,26). The van der Waals surface area contributed by atoms with Gasteiger partial charge in [0.2, 0.25) is 0 Å². The van der Waals surface area contributed by atoms with Crippen LogP contribution in [0.2, 0.25) is 0 Å². The van der Waals surface area contributed by atoms with Crippen molar-refractivity contribution >= 4 is 11.9 Å². The van der Waals surface area contributed by atoms with Crippen molar-refractivity contribution < 1.29 is 14.7 Å². The number of carboxylic acid groups (broad SMARTS) is 1. The zero-order valence-electron chi connectivity index (χ0n) is 16.1. The van der Waals surface area contributed by atoms with Crippen LogP contribution in [0.15, 0.2) is 24.4 Å². The Morgan fingerprint density at radius 3 is 2.42 bits per heavy atom. The molecular weight excluding hydrogens is 330 g/mol. The second kappa shape index (κ2) is 7.72. The number of amides is 1. The molecular formula is C20H27N3O3. The molecule has 140 valence electrons. The molecule has 1 aromatic heterocycles. The van der Waals surface area contributed by atoms with E-state index in [-0.39, 0.29) is 12.5 Å². The van der Waals surface area contributed by atoms with Crippen LogP contribution in [0.5, 0.6) is 0 Å². The molecule has 0 saturated heterocycles. The summed E-state index contributed by atoms with van der Waals surface area (Å²) in [5.74, 6) is -1.18. The first kappa shape index (κ1) is 19.7. The topological polar surface area (TPSA) is 84.2 Å². The molecule has 0 bridgehead atoms. The minimum absolute atomic E-state index is 0.0995. The molecule has 2 aromatic rings. The van der Waals surface area contributed by atoms with Crippen molar-refractivity contribution in [1.82, 2.24) is 15.1 Å². The van der Waals surface area contributed by atoms with Gasteiger partial charge < -0.3 is 10.4 Å². The molecule has 6 heteroatoms. The second-order valence-electron chi connectivity index (χ2n) is 6.82. The minimum Gasteiger partial charge on any atom is -0.481 e. The highest BCUT2D eigenvalue weighted by atomic mass is 16.4. The van der Waals surface area contributed by atoms with Crippen LogP contribution < -0.4 is 5.32 Å². The molecule has 0 unspecified atom stereocenters. The highest BCUT2D eigenvalue weighted by Crippen LogP contribution is 2.26. The van der Waals surface area contributed by atoms with Crippen LogP contribution in [0.1, 0.15) is 53.9 Å². The number of rotatable bonds is 7.